The van der Waals surface area contributed by atoms with Crippen LogP contribution in [0.2, 0.25) is 0 Å². The molecule has 4 nitrogen and oxygen atoms in total. The molecule has 1 saturated carbocycles. The summed E-state index contributed by atoms with van der Waals surface area (Å²) in [5, 5.41) is 3.28. The first-order chi connectivity index (χ1) is 11.8. The molecule has 1 aliphatic carbocycles. The summed E-state index contributed by atoms with van der Waals surface area (Å²) >= 11 is 0. The van der Waals surface area contributed by atoms with Crippen LogP contribution in [0.15, 0.2) is 24.3 Å². The van der Waals surface area contributed by atoms with E-state index in [-0.39, 0.29) is 11.4 Å². The topological polar surface area (TPSA) is 41.6 Å². The van der Waals surface area contributed by atoms with Crippen LogP contribution < -0.4 is 10.1 Å². The Kier molecular flexibility index (Phi) is 4.49. The number of nitrogens with zero attached hydrogens (tertiary/aromatic N) is 1. The van der Waals surface area contributed by atoms with Crippen molar-refractivity contribution < 1.29 is 9.53 Å². The van der Waals surface area contributed by atoms with Gasteiger partial charge in [0.25, 0.3) is 0 Å². The highest BCUT2D eigenvalue weighted by Gasteiger charge is 2.46. The third kappa shape index (κ3) is 2.92. The molecule has 24 heavy (non-hydrogen) atoms. The van der Waals surface area contributed by atoms with Gasteiger partial charge in [-0.15, -0.1) is 0 Å². The predicted molar refractivity (Wildman–Crippen MR) is 94.1 cm³/mol. The number of hydrogen-bond acceptors (Lipinski definition) is 3. The highest BCUT2D eigenvalue weighted by molar-refractivity contribution is 5.86. The second-order valence-corrected chi connectivity index (χ2v) is 7.63. The smallest absolute Gasteiger partial charge is 0.240 e. The molecule has 1 unspecified atom stereocenters. The number of rotatable bonds is 4. The number of nitrogens with one attached hydrogen (secondary N) is 1. The Balaban J connectivity index is 1.37. The maximum atomic E-state index is 13.0. The van der Waals surface area contributed by atoms with Crippen molar-refractivity contribution in [3.8, 4) is 5.75 Å². The van der Waals surface area contributed by atoms with Gasteiger partial charge in [0, 0.05) is 12.5 Å². The molecule has 4 heteroatoms. The molecule has 0 aromatic heterocycles. The fraction of sp³-hybridized carbons (Fsp3) is 0.650. The fourth-order valence-corrected chi connectivity index (χ4v) is 4.72. The first kappa shape index (κ1) is 15.9. The van der Waals surface area contributed by atoms with Crippen LogP contribution in [0.25, 0.3) is 0 Å². The molecule has 1 saturated heterocycles. The fourth-order valence-electron chi connectivity index (χ4n) is 4.72. The number of likely N-dealkylation sites (tertiary alicyclic amines) is 1. The summed E-state index contributed by atoms with van der Waals surface area (Å²) in [5.74, 6) is 1.64. The van der Waals surface area contributed by atoms with Crippen molar-refractivity contribution in [2.75, 3.05) is 26.2 Å². The molecule has 0 radical (unpaired) electrons. The number of carbonyl (C=O) groups excluding carboxylic acids is 1. The molecule has 1 amide bonds. The van der Waals surface area contributed by atoms with Crippen LogP contribution in [0, 0.1) is 5.92 Å². The maximum absolute atomic E-state index is 13.0. The van der Waals surface area contributed by atoms with Crippen molar-refractivity contribution in [2.24, 2.45) is 5.92 Å². The van der Waals surface area contributed by atoms with Gasteiger partial charge in [-0.1, -0.05) is 31.0 Å². The van der Waals surface area contributed by atoms with Crippen molar-refractivity contribution in [3.05, 3.63) is 29.8 Å². The predicted octanol–water partition coefficient (Wildman–Crippen LogP) is 2.76. The van der Waals surface area contributed by atoms with E-state index in [1.54, 1.807) is 0 Å². The Hall–Kier alpha value is -1.55. The number of amides is 1. The maximum Gasteiger partial charge on any atom is 0.240 e. The van der Waals surface area contributed by atoms with Crippen molar-refractivity contribution in [1.29, 1.82) is 0 Å². The summed E-state index contributed by atoms with van der Waals surface area (Å²) in [7, 11) is 0. The van der Waals surface area contributed by atoms with Gasteiger partial charge in [-0.2, -0.15) is 0 Å². The van der Waals surface area contributed by atoms with Gasteiger partial charge in [0.1, 0.15) is 11.3 Å². The van der Waals surface area contributed by atoms with Crippen LogP contribution in [0.5, 0.6) is 5.75 Å². The summed E-state index contributed by atoms with van der Waals surface area (Å²) < 4.78 is 5.86. The Morgan fingerprint density at radius 1 is 1.17 bits per heavy atom. The van der Waals surface area contributed by atoms with Gasteiger partial charge in [0.05, 0.1) is 6.61 Å². The van der Waals surface area contributed by atoms with Gasteiger partial charge in [-0.3, -0.25) is 9.69 Å². The van der Waals surface area contributed by atoms with Crippen molar-refractivity contribution in [1.82, 2.24) is 10.2 Å². The van der Waals surface area contributed by atoms with Crippen LogP contribution in [0.1, 0.15) is 44.1 Å². The number of fused-ring (bicyclic) bond motifs is 1. The lowest BCUT2D eigenvalue weighted by Crippen LogP contribution is -2.57. The quantitative estimate of drug-likeness (QED) is 0.924. The minimum absolute atomic E-state index is 0.218. The van der Waals surface area contributed by atoms with Crippen molar-refractivity contribution in [2.45, 2.75) is 50.5 Å². The lowest BCUT2D eigenvalue weighted by atomic mass is 9.92. The number of carbonyl (C=O) groups is 1. The highest BCUT2D eigenvalue weighted by atomic mass is 16.5. The van der Waals surface area contributed by atoms with Gasteiger partial charge in [-0.25, -0.2) is 0 Å². The summed E-state index contributed by atoms with van der Waals surface area (Å²) in [6.07, 6.45) is 7.90. The van der Waals surface area contributed by atoms with Crippen LogP contribution in [-0.4, -0.2) is 42.6 Å². The average molecular weight is 328 g/mol. The largest absolute Gasteiger partial charge is 0.493 e. The van der Waals surface area contributed by atoms with E-state index in [1.807, 2.05) is 12.1 Å². The molecule has 1 aromatic carbocycles. The summed E-state index contributed by atoms with van der Waals surface area (Å²) in [6.45, 7) is 3.61. The zero-order chi connectivity index (χ0) is 16.4. The highest BCUT2D eigenvalue weighted by Crippen LogP contribution is 2.37. The normalized spacial score (nSPS) is 25.9. The zero-order valence-electron chi connectivity index (χ0n) is 14.4. The van der Waals surface area contributed by atoms with E-state index >= 15 is 0 Å². The van der Waals surface area contributed by atoms with Gasteiger partial charge >= 0.3 is 0 Å². The van der Waals surface area contributed by atoms with Crippen LogP contribution >= 0.6 is 0 Å². The SMILES string of the molecule is O=C(NCC1COc2ccccc2C1)C1(N2CCCC2)CCCC1. The Morgan fingerprint density at radius 2 is 1.92 bits per heavy atom. The molecule has 2 fully saturated rings. The Labute approximate surface area is 144 Å². The summed E-state index contributed by atoms with van der Waals surface area (Å²) in [5.41, 5.74) is 1.04. The molecule has 1 N–H and O–H groups in total. The van der Waals surface area contributed by atoms with E-state index < -0.39 is 0 Å². The monoisotopic (exact) mass is 328 g/mol. The molecule has 3 aliphatic rings. The molecule has 0 bridgehead atoms. The number of benzene rings is 1. The molecule has 4 rings (SSSR count). The number of ether oxygens (including phenoxy) is 1. The summed E-state index contributed by atoms with van der Waals surface area (Å²) in [6, 6.07) is 8.24. The number of hydrogen-bond donors (Lipinski definition) is 1. The van der Waals surface area contributed by atoms with Gasteiger partial charge in [0.2, 0.25) is 5.91 Å². The summed E-state index contributed by atoms with van der Waals surface area (Å²) in [4.78, 5) is 15.5. The van der Waals surface area contributed by atoms with Crippen LogP contribution in [-0.2, 0) is 11.2 Å². The molecular weight excluding hydrogens is 300 g/mol. The molecular formula is C20H28N2O2. The van der Waals surface area contributed by atoms with E-state index in [4.69, 9.17) is 4.74 Å². The van der Waals surface area contributed by atoms with E-state index in [2.05, 4.69) is 22.3 Å². The van der Waals surface area contributed by atoms with Crippen molar-refractivity contribution in [3.63, 3.8) is 0 Å². The number of para-hydroxylation sites is 1. The second kappa shape index (κ2) is 6.75. The first-order valence-corrected chi connectivity index (χ1v) is 9.52. The third-order valence-electron chi connectivity index (χ3n) is 6.07. The van der Waals surface area contributed by atoms with Crippen molar-refractivity contribution >= 4 is 5.91 Å². The molecule has 2 aliphatic heterocycles. The third-order valence-corrected chi connectivity index (χ3v) is 6.07. The Bertz CT molecular complexity index is 589. The lowest BCUT2D eigenvalue weighted by molar-refractivity contribution is -0.133. The van der Waals surface area contributed by atoms with E-state index in [9.17, 15) is 4.79 Å². The molecule has 1 aromatic rings. The van der Waals surface area contributed by atoms with E-state index in [0.717, 1.165) is 44.6 Å². The van der Waals surface area contributed by atoms with Gasteiger partial charge in [0.15, 0.2) is 0 Å². The molecule has 130 valence electrons. The first-order valence-electron chi connectivity index (χ1n) is 9.52. The van der Waals surface area contributed by atoms with E-state index in [1.165, 1.54) is 31.2 Å². The molecule has 2 heterocycles. The van der Waals surface area contributed by atoms with Gasteiger partial charge < -0.3 is 10.1 Å². The van der Waals surface area contributed by atoms with Crippen LogP contribution in [0.3, 0.4) is 0 Å². The average Bonchev–Trinajstić information content (AvgIpc) is 3.31. The lowest BCUT2D eigenvalue weighted by Gasteiger charge is -2.37. The molecule has 0 spiro atoms. The minimum atomic E-state index is -0.218. The standard InChI is InChI=1S/C20H28N2O2/c23-19(20(9-3-4-10-20)22-11-5-6-12-22)21-14-16-13-17-7-1-2-8-18(17)24-15-16/h1-2,7-8,16H,3-6,9-15H2,(H,21,23). The van der Waals surface area contributed by atoms with E-state index in [0.29, 0.717) is 12.5 Å². The van der Waals surface area contributed by atoms with Gasteiger partial charge in [-0.05, 0) is 56.8 Å². The molecule has 1 atom stereocenters. The Morgan fingerprint density at radius 3 is 2.71 bits per heavy atom. The zero-order valence-corrected chi connectivity index (χ0v) is 14.4. The van der Waals surface area contributed by atoms with Crippen LogP contribution in [0.4, 0.5) is 0 Å². The second-order valence-electron chi connectivity index (χ2n) is 7.63. The minimum Gasteiger partial charge on any atom is -0.493 e.